The van der Waals surface area contributed by atoms with Crippen LogP contribution in [0.1, 0.15) is 45.6 Å². The first-order valence-corrected chi connectivity index (χ1v) is 8.39. The number of nitrogens with two attached hydrogens (primary N) is 1. The Morgan fingerprint density at radius 2 is 2.38 bits per heavy atom. The Morgan fingerprint density at radius 1 is 1.54 bits per heavy atom. The second-order valence-corrected chi connectivity index (χ2v) is 7.30. The molecule has 0 aromatic heterocycles. The molecule has 1 saturated carbocycles. The van der Waals surface area contributed by atoms with Crippen LogP contribution in [0.4, 0.5) is 0 Å². The standard InChI is InChI=1S/C19H23N3O2/c1-12-8-18(6-5-16(12)23-2)9-14-4-3-13(10-20)7-15(14)19(18)11-24-17(21)22-19/h3-4,7,12,16H,5-6,8-9,11H2,1-2H3,(H2,21,22)/t12-,16-,18-,19-/m0/s1/i11D2. The minimum atomic E-state index is -2.06. The Labute approximate surface area is 145 Å². The number of ether oxygens (including phenoxy) is 2. The molecule has 0 amide bonds. The Bertz CT molecular complexity index is 835. The minimum absolute atomic E-state index is 0.119. The lowest BCUT2D eigenvalue weighted by molar-refractivity contribution is -0.0445. The maximum absolute atomic E-state index is 9.34. The van der Waals surface area contributed by atoms with Gasteiger partial charge in [0.05, 0.1) is 20.5 Å². The predicted molar refractivity (Wildman–Crippen MR) is 90.4 cm³/mol. The summed E-state index contributed by atoms with van der Waals surface area (Å²) >= 11 is 0. The van der Waals surface area contributed by atoms with Crippen molar-refractivity contribution >= 4 is 6.02 Å². The zero-order valence-electron chi connectivity index (χ0n) is 16.0. The van der Waals surface area contributed by atoms with Crippen molar-refractivity contribution in [2.45, 2.75) is 44.2 Å². The van der Waals surface area contributed by atoms with Crippen molar-refractivity contribution in [2.24, 2.45) is 22.1 Å². The molecule has 1 heterocycles. The highest BCUT2D eigenvalue weighted by molar-refractivity contribution is 5.75. The van der Waals surface area contributed by atoms with Crippen LogP contribution in [0, 0.1) is 22.7 Å². The van der Waals surface area contributed by atoms with Crippen LogP contribution in [0.2, 0.25) is 0 Å². The number of hydrogen-bond donors (Lipinski definition) is 1. The molecule has 4 atom stereocenters. The maximum Gasteiger partial charge on any atom is 0.283 e. The smallest absolute Gasteiger partial charge is 0.283 e. The third kappa shape index (κ3) is 1.93. The van der Waals surface area contributed by atoms with Gasteiger partial charge in [-0.2, -0.15) is 5.26 Å². The van der Waals surface area contributed by atoms with Crippen LogP contribution in [0.5, 0.6) is 0 Å². The van der Waals surface area contributed by atoms with E-state index >= 15 is 0 Å². The topological polar surface area (TPSA) is 80.6 Å². The summed E-state index contributed by atoms with van der Waals surface area (Å²) in [5.41, 5.74) is 6.47. The van der Waals surface area contributed by atoms with Gasteiger partial charge in [0.25, 0.3) is 6.02 Å². The summed E-state index contributed by atoms with van der Waals surface area (Å²) in [6.45, 7) is 0.0843. The molecule has 1 aromatic carbocycles. The largest absolute Gasteiger partial charge is 0.462 e. The summed E-state index contributed by atoms with van der Waals surface area (Å²) in [6.07, 6.45) is 3.23. The molecular formula is C19H23N3O2. The van der Waals surface area contributed by atoms with Crippen LogP contribution in [-0.4, -0.2) is 25.8 Å². The van der Waals surface area contributed by atoms with Gasteiger partial charge in [0.2, 0.25) is 0 Å². The normalized spacial score (nSPS) is 40.5. The van der Waals surface area contributed by atoms with Gasteiger partial charge >= 0.3 is 0 Å². The molecule has 2 spiro atoms. The van der Waals surface area contributed by atoms with E-state index in [1.54, 1.807) is 19.2 Å². The van der Waals surface area contributed by atoms with Crippen LogP contribution < -0.4 is 5.73 Å². The highest BCUT2D eigenvalue weighted by Crippen LogP contribution is 2.62. The summed E-state index contributed by atoms with van der Waals surface area (Å²) in [5.74, 6) is 0.267. The van der Waals surface area contributed by atoms with Crippen LogP contribution in [0.3, 0.4) is 0 Å². The third-order valence-electron chi connectivity index (χ3n) is 6.06. The van der Waals surface area contributed by atoms with Crippen LogP contribution in [0.15, 0.2) is 23.2 Å². The average molecular weight is 327 g/mol. The van der Waals surface area contributed by atoms with Gasteiger partial charge in [-0.05, 0) is 54.9 Å². The number of amidine groups is 1. The molecule has 3 aliphatic rings. The molecule has 1 aliphatic heterocycles. The van der Waals surface area contributed by atoms with Crippen molar-refractivity contribution in [3.8, 4) is 6.07 Å². The van der Waals surface area contributed by atoms with Crippen LogP contribution >= 0.6 is 0 Å². The lowest BCUT2D eigenvalue weighted by Crippen LogP contribution is -2.48. The number of rotatable bonds is 1. The number of methoxy groups -OCH3 is 1. The molecule has 126 valence electrons. The van der Waals surface area contributed by atoms with E-state index in [4.69, 9.17) is 17.9 Å². The van der Waals surface area contributed by atoms with Gasteiger partial charge in [0.1, 0.15) is 12.1 Å². The molecule has 0 radical (unpaired) electrons. The molecule has 2 N–H and O–H groups in total. The molecule has 0 unspecified atom stereocenters. The van der Waals surface area contributed by atoms with Crippen LogP contribution in [-0.2, 0) is 21.4 Å². The fraction of sp³-hybridized carbons (Fsp3) is 0.579. The van der Waals surface area contributed by atoms with E-state index in [-0.39, 0.29) is 18.0 Å². The van der Waals surface area contributed by atoms with Crippen molar-refractivity contribution in [3.63, 3.8) is 0 Å². The van der Waals surface area contributed by atoms with Crippen molar-refractivity contribution in [3.05, 3.63) is 34.9 Å². The second kappa shape index (κ2) is 5.22. The molecule has 1 fully saturated rings. The van der Waals surface area contributed by atoms with E-state index in [9.17, 15) is 5.26 Å². The lowest BCUT2D eigenvalue weighted by atomic mass is 9.59. The highest BCUT2D eigenvalue weighted by Gasteiger charge is 2.62. The molecule has 0 saturated heterocycles. The van der Waals surface area contributed by atoms with Gasteiger partial charge in [-0.25, -0.2) is 4.99 Å². The van der Waals surface area contributed by atoms with Gasteiger partial charge in [-0.15, -0.1) is 0 Å². The summed E-state index contributed by atoms with van der Waals surface area (Å²) in [5, 5.41) is 9.34. The summed E-state index contributed by atoms with van der Waals surface area (Å²) < 4.78 is 28.4. The van der Waals surface area contributed by atoms with Gasteiger partial charge in [-0.1, -0.05) is 13.0 Å². The molecule has 4 rings (SSSR count). The first-order chi connectivity index (χ1) is 12.3. The van der Waals surface area contributed by atoms with Crippen molar-refractivity contribution < 1.29 is 12.2 Å². The predicted octanol–water partition coefficient (Wildman–Crippen LogP) is 2.48. The van der Waals surface area contributed by atoms with E-state index in [1.165, 1.54) is 0 Å². The van der Waals surface area contributed by atoms with Crippen molar-refractivity contribution in [1.29, 1.82) is 5.26 Å². The highest BCUT2D eigenvalue weighted by atomic mass is 16.5. The maximum atomic E-state index is 9.34. The number of nitrogens with zero attached hydrogens (tertiary/aromatic N) is 2. The zero-order valence-corrected chi connectivity index (χ0v) is 14.0. The lowest BCUT2D eigenvalue weighted by Gasteiger charge is -2.47. The van der Waals surface area contributed by atoms with Gasteiger partial charge in [0.15, 0.2) is 0 Å². The van der Waals surface area contributed by atoms with E-state index < -0.39 is 17.5 Å². The minimum Gasteiger partial charge on any atom is -0.462 e. The van der Waals surface area contributed by atoms with E-state index in [2.05, 4.69) is 18.0 Å². The quantitative estimate of drug-likeness (QED) is 0.859. The van der Waals surface area contributed by atoms with Crippen LogP contribution in [0.25, 0.3) is 0 Å². The van der Waals surface area contributed by atoms with Gasteiger partial charge < -0.3 is 15.2 Å². The van der Waals surface area contributed by atoms with Crippen molar-refractivity contribution in [1.82, 2.24) is 0 Å². The zero-order chi connectivity index (χ0) is 18.7. The third-order valence-corrected chi connectivity index (χ3v) is 6.06. The number of fused-ring (bicyclic) bond motifs is 3. The monoisotopic (exact) mass is 327 g/mol. The number of benzene rings is 1. The molecule has 24 heavy (non-hydrogen) atoms. The Morgan fingerprint density at radius 3 is 3.00 bits per heavy atom. The average Bonchev–Trinajstić information content (AvgIpc) is 2.99. The van der Waals surface area contributed by atoms with Gasteiger partial charge in [-0.3, -0.25) is 0 Å². The van der Waals surface area contributed by atoms with Crippen molar-refractivity contribution in [2.75, 3.05) is 13.7 Å². The van der Waals surface area contributed by atoms with E-state index in [1.807, 2.05) is 6.07 Å². The molecule has 5 heteroatoms. The fourth-order valence-electron chi connectivity index (χ4n) is 4.99. The fourth-order valence-corrected chi connectivity index (χ4v) is 4.99. The summed E-state index contributed by atoms with van der Waals surface area (Å²) in [6, 6.07) is 7.51. The SMILES string of the molecule is [2H]C1([2H])OC(N)=N[C@]12c1cc(C#N)ccc1C[C@@]21CC[C@H](OC)[C@@H](C)C1. The molecule has 1 aromatic rings. The number of aliphatic imine (C=N–C) groups is 1. The van der Waals surface area contributed by atoms with Gasteiger partial charge in [0, 0.05) is 12.5 Å². The molecule has 2 aliphatic carbocycles. The second-order valence-electron chi connectivity index (χ2n) is 7.30. The van der Waals surface area contributed by atoms with E-state index in [0.29, 0.717) is 12.0 Å². The Balaban J connectivity index is 1.93. The Hall–Kier alpha value is -2.06. The van der Waals surface area contributed by atoms with E-state index in [0.717, 1.165) is 30.4 Å². The molecular weight excluding hydrogens is 302 g/mol. The molecule has 0 bridgehead atoms. The first-order valence-electron chi connectivity index (χ1n) is 9.39. The number of nitriles is 1. The first kappa shape index (κ1) is 13.3. The number of hydrogen-bond acceptors (Lipinski definition) is 5. The summed E-state index contributed by atoms with van der Waals surface area (Å²) in [4.78, 5) is 4.60. The molecule has 5 nitrogen and oxygen atoms in total. The summed E-state index contributed by atoms with van der Waals surface area (Å²) in [7, 11) is 1.73. The Kier molecular flexibility index (Phi) is 2.88.